The van der Waals surface area contributed by atoms with Crippen LogP contribution in [-0.2, 0) is 10.1 Å². The van der Waals surface area contributed by atoms with Gasteiger partial charge in [0.05, 0.1) is 5.60 Å². The van der Waals surface area contributed by atoms with E-state index in [2.05, 4.69) is 108 Å². The number of benzene rings is 3. The molecule has 0 N–H and O–H groups in total. The van der Waals surface area contributed by atoms with E-state index in [1.807, 2.05) is 0 Å². The third kappa shape index (κ3) is 2.81. The van der Waals surface area contributed by atoms with Crippen molar-refractivity contribution in [2.45, 2.75) is 58.9 Å². The van der Waals surface area contributed by atoms with Crippen LogP contribution >= 0.6 is 0 Å². The fourth-order valence-electron chi connectivity index (χ4n) is 5.25. The van der Waals surface area contributed by atoms with Crippen molar-refractivity contribution >= 4 is 12.4 Å². The predicted octanol–water partition coefficient (Wildman–Crippen LogP) is 6.69. The lowest BCUT2D eigenvalue weighted by molar-refractivity contribution is 0.0375. The lowest BCUT2D eigenvalue weighted by atomic mass is 9.54. The van der Waals surface area contributed by atoms with E-state index >= 15 is 0 Å². The molecule has 3 aromatic rings. The highest BCUT2D eigenvalue weighted by molar-refractivity contribution is 6.68. The zero-order valence-electron chi connectivity index (χ0n) is 19.0. The second kappa shape index (κ2) is 6.34. The van der Waals surface area contributed by atoms with Crippen molar-refractivity contribution in [3.05, 3.63) is 77.9 Å². The zero-order chi connectivity index (χ0) is 21.3. The summed E-state index contributed by atoms with van der Waals surface area (Å²) in [5.74, 6) is 0. The minimum absolute atomic E-state index is 0.0299. The molecule has 0 saturated carbocycles. The van der Waals surface area contributed by atoms with Crippen LogP contribution in [0.5, 0.6) is 0 Å². The van der Waals surface area contributed by atoms with Crippen LogP contribution in [0.2, 0.25) is 6.32 Å². The molecular weight excluding hydrogens is 363 g/mol. The Kier molecular flexibility index (Phi) is 4.15. The van der Waals surface area contributed by atoms with Gasteiger partial charge in [-0.15, -0.1) is 0 Å². The quantitative estimate of drug-likeness (QED) is 0.440. The molecule has 5 rings (SSSR count). The largest absolute Gasteiger partial charge is 0.426 e. The lowest BCUT2D eigenvalue weighted by Gasteiger charge is -2.34. The first-order valence-electron chi connectivity index (χ1n) is 11.1. The molecule has 1 nitrogen and oxygen atoms in total. The van der Waals surface area contributed by atoms with Gasteiger partial charge in [0.2, 0.25) is 0 Å². The van der Waals surface area contributed by atoms with Crippen molar-refractivity contribution < 1.29 is 4.65 Å². The van der Waals surface area contributed by atoms with Crippen LogP contribution in [0.1, 0.15) is 52.7 Å². The van der Waals surface area contributed by atoms with Gasteiger partial charge in [0.25, 0.3) is 0 Å². The Morgan fingerprint density at radius 2 is 1.40 bits per heavy atom. The van der Waals surface area contributed by atoms with Crippen molar-refractivity contribution in [1.29, 1.82) is 0 Å². The monoisotopic (exact) mass is 394 g/mol. The number of hydrogen-bond acceptors (Lipinski definition) is 1. The topological polar surface area (TPSA) is 9.23 Å². The summed E-state index contributed by atoms with van der Waals surface area (Å²) in [7, 11) is 0. The molecule has 0 aromatic heterocycles. The van der Waals surface area contributed by atoms with E-state index in [-0.39, 0.29) is 23.3 Å². The molecule has 2 heteroatoms. The number of fused-ring (bicyclic) bond motifs is 3. The van der Waals surface area contributed by atoms with Gasteiger partial charge in [0.1, 0.15) is 0 Å². The summed E-state index contributed by atoms with van der Waals surface area (Å²) in [6.45, 7) is 13.9. The average Bonchev–Trinajstić information content (AvgIpc) is 3.08. The van der Waals surface area contributed by atoms with E-state index in [1.165, 1.54) is 38.8 Å². The first kappa shape index (κ1) is 19.6. The molecule has 1 heterocycles. The summed E-state index contributed by atoms with van der Waals surface area (Å²) in [6, 6.07) is 24.8. The smallest absolute Gasteiger partial charge is 0.327 e. The van der Waals surface area contributed by atoms with Crippen LogP contribution in [0.4, 0.5) is 0 Å². The van der Waals surface area contributed by atoms with Gasteiger partial charge < -0.3 is 4.65 Å². The summed E-state index contributed by atoms with van der Waals surface area (Å²) < 4.78 is 6.49. The zero-order valence-corrected chi connectivity index (χ0v) is 19.0. The highest BCUT2D eigenvalue weighted by atomic mass is 16.5. The first-order chi connectivity index (χ1) is 14.1. The van der Waals surface area contributed by atoms with Crippen LogP contribution < -0.4 is 5.46 Å². The highest BCUT2D eigenvalue weighted by Gasteiger charge is 2.49. The molecule has 1 aliphatic heterocycles. The van der Waals surface area contributed by atoms with Crippen LogP contribution in [-0.4, -0.2) is 12.5 Å². The Morgan fingerprint density at radius 1 is 0.700 bits per heavy atom. The molecule has 0 amide bonds. The van der Waals surface area contributed by atoms with E-state index < -0.39 is 0 Å². The molecule has 0 unspecified atom stereocenters. The normalized spacial score (nSPS) is 20.1. The molecule has 1 fully saturated rings. The molecule has 30 heavy (non-hydrogen) atoms. The van der Waals surface area contributed by atoms with Crippen molar-refractivity contribution in [1.82, 2.24) is 0 Å². The minimum atomic E-state index is -0.114. The Morgan fingerprint density at radius 3 is 2.13 bits per heavy atom. The molecule has 2 aliphatic rings. The molecule has 1 aliphatic carbocycles. The van der Waals surface area contributed by atoms with Crippen molar-refractivity contribution in [2.75, 3.05) is 0 Å². The second-order valence-electron chi connectivity index (χ2n) is 10.8. The van der Waals surface area contributed by atoms with E-state index in [0.717, 1.165) is 6.32 Å². The lowest BCUT2D eigenvalue weighted by Crippen LogP contribution is -2.36. The van der Waals surface area contributed by atoms with Gasteiger partial charge in [-0.1, -0.05) is 88.4 Å². The van der Waals surface area contributed by atoms with Gasteiger partial charge in [-0.3, -0.25) is 0 Å². The van der Waals surface area contributed by atoms with Crippen molar-refractivity contribution in [3.8, 4) is 22.3 Å². The SMILES string of the molecule is CC1(C)c2ccccc2-c2ccc(-c3cccc(B4CC(C)(C)C(C)(C)O4)c3)cc21. The third-order valence-corrected chi connectivity index (χ3v) is 7.94. The van der Waals surface area contributed by atoms with Crippen LogP contribution in [0.25, 0.3) is 22.3 Å². The summed E-state index contributed by atoms with van der Waals surface area (Å²) in [4.78, 5) is 0. The molecule has 0 radical (unpaired) electrons. The standard InChI is InChI=1S/C28H31BO/c1-26(2)18-29(30-28(26,5)6)21-11-9-10-19(16-21)20-14-15-23-22-12-7-8-13-24(22)27(3,4)25(23)17-20/h7-17H,18H2,1-6H3. The fraction of sp³-hybridized carbons (Fsp3) is 0.357. The second-order valence-corrected chi connectivity index (χ2v) is 10.8. The minimum Gasteiger partial charge on any atom is -0.426 e. The van der Waals surface area contributed by atoms with E-state index in [4.69, 9.17) is 4.65 Å². The Bertz CT molecular complexity index is 1120. The van der Waals surface area contributed by atoms with Crippen molar-refractivity contribution in [2.24, 2.45) is 5.41 Å². The molecule has 0 bridgehead atoms. The summed E-state index contributed by atoms with van der Waals surface area (Å²) in [6.07, 6.45) is 1.05. The summed E-state index contributed by atoms with van der Waals surface area (Å²) in [5.41, 5.74) is 9.52. The van der Waals surface area contributed by atoms with Crippen LogP contribution in [0, 0.1) is 5.41 Å². The molecule has 152 valence electrons. The predicted molar refractivity (Wildman–Crippen MR) is 129 cm³/mol. The van der Waals surface area contributed by atoms with Gasteiger partial charge in [-0.05, 0) is 70.5 Å². The molecular formula is C28H31BO. The Hall–Kier alpha value is -2.32. The van der Waals surface area contributed by atoms with E-state index in [0.29, 0.717) is 0 Å². The number of hydrogen-bond donors (Lipinski definition) is 0. The fourth-order valence-corrected chi connectivity index (χ4v) is 5.25. The van der Waals surface area contributed by atoms with Gasteiger partial charge in [-0.25, -0.2) is 0 Å². The van der Waals surface area contributed by atoms with Gasteiger partial charge in [-0.2, -0.15) is 0 Å². The molecule has 1 saturated heterocycles. The first-order valence-corrected chi connectivity index (χ1v) is 11.1. The summed E-state index contributed by atoms with van der Waals surface area (Å²) >= 11 is 0. The van der Waals surface area contributed by atoms with Gasteiger partial charge in [0.15, 0.2) is 0 Å². The third-order valence-electron chi connectivity index (χ3n) is 7.94. The molecule has 0 atom stereocenters. The Labute approximate surface area is 181 Å². The average molecular weight is 394 g/mol. The van der Waals surface area contributed by atoms with E-state index in [9.17, 15) is 0 Å². The number of rotatable bonds is 2. The highest BCUT2D eigenvalue weighted by Crippen LogP contribution is 2.49. The van der Waals surface area contributed by atoms with Gasteiger partial charge in [0, 0.05) is 5.41 Å². The van der Waals surface area contributed by atoms with Crippen LogP contribution in [0.3, 0.4) is 0 Å². The van der Waals surface area contributed by atoms with Crippen molar-refractivity contribution in [3.63, 3.8) is 0 Å². The molecule has 3 aromatic carbocycles. The molecule has 0 spiro atoms. The Balaban J connectivity index is 1.53. The maximum atomic E-state index is 6.49. The van der Waals surface area contributed by atoms with E-state index in [1.54, 1.807) is 0 Å². The maximum absolute atomic E-state index is 6.49. The maximum Gasteiger partial charge on any atom is 0.327 e. The van der Waals surface area contributed by atoms with Gasteiger partial charge >= 0.3 is 6.92 Å². The van der Waals surface area contributed by atoms with Crippen LogP contribution in [0.15, 0.2) is 66.7 Å². The summed E-state index contributed by atoms with van der Waals surface area (Å²) in [5, 5.41) is 0.